The smallest absolute Gasteiger partial charge is 0.191 e. The Labute approximate surface area is 166 Å². The van der Waals surface area contributed by atoms with Crippen molar-refractivity contribution in [2.24, 2.45) is 4.99 Å². The van der Waals surface area contributed by atoms with Gasteiger partial charge in [0.05, 0.1) is 12.8 Å². The van der Waals surface area contributed by atoms with Gasteiger partial charge in [0.25, 0.3) is 0 Å². The number of aryl methyl sites for hydroxylation is 1. The summed E-state index contributed by atoms with van der Waals surface area (Å²) in [5, 5.41) is 6.70. The molecular weight excluding hydrogens is 350 g/mol. The molecule has 0 bridgehead atoms. The van der Waals surface area contributed by atoms with E-state index >= 15 is 0 Å². The Balaban J connectivity index is 1.55. The lowest BCUT2D eigenvalue weighted by Crippen LogP contribution is -2.38. The van der Waals surface area contributed by atoms with Crippen LogP contribution in [0, 0.1) is 6.92 Å². The fourth-order valence-corrected chi connectivity index (χ4v) is 3.17. The molecule has 0 radical (unpaired) electrons. The number of nitrogens with one attached hydrogen (secondary N) is 2. The predicted octanol–water partition coefficient (Wildman–Crippen LogP) is 2.99. The Hall–Kier alpha value is -3.02. The van der Waals surface area contributed by atoms with E-state index in [1.165, 1.54) is 11.1 Å². The molecule has 2 N–H and O–H groups in total. The lowest BCUT2D eigenvalue weighted by molar-refractivity contribution is 0.409. The number of imidazole rings is 1. The van der Waals surface area contributed by atoms with Gasteiger partial charge in [-0.25, -0.2) is 4.98 Å². The van der Waals surface area contributed by atoms with Crippen LogP contribution in [0.2, 0.25) is 0 Å². The van der Waals surface area contributed by atoms with Crippen molar-refractivity contribution in [1.29, 1.82) is 0 Å². The molecule has 2 aromatic heterocycles. The average molecular weight is 380 g/mol. The fraction of sp³-hybridized carbons (Fsp3) is 0.364. The highest BCUT2D eigenvalue weighted by Gasteiger charge is 2.05. The number of guanidine groups is 1. The number of nitrogens with zero attached hydrogens (tertiary/aromatic N) is 3. The number of benzene rings is 1. The number of fused-ring (bicyclic) bond motifs is 1. The molecule has 0 unspecified atom stereocenters. The summed E-state index contributed by atoms with van der Waals surface area (Å²) >= 11 is 0. The third-order valence-electron chi connectivity index (χ3n) is 4.59. The minimum atomic E-state index is 0.687. The normalized spacial score (nSPS) is 11.6. The summed E-state index contributed by atoms with van der Waals surface area (Å²) in [6.45, 7) is 6.46. The Morgan fingerprint density at radius 2 is 2.00 bits per heavy atom. The van der Waals surface area contributed by atoms with Crippen LogP contribution in [0.1, 0.15) is 23.7 Å². The fourth-order valence-electron chi connectivity index (χ4n) is 3.17. The van der Waals surface area contributed by atoms with Crippen LogP contribution in [0.4, 0.5) is 0 Å². The zero-order chi connectivity index (χ0) is 19.8. The number of methoxy groups -OCH3 is 1. The average Bonchev–Trinajstić information content (AvgIpc) is 3.13. The van der Waals surface area contributed by atoms with E-state index in [1.807, 2.05) is 30.5 Å². The highest BCUT2D eigenvalue weighted by Crippen LogP contribution is 2.17. The number of aliphatic imine (C=N–C) groups is 1. The molecule has 1 aromatic carbocycles. The monoisotopic (exact) mass is 379 g/mol. The van der Waals surface area contributed by atoms with E-state index in [4.69, 9.17) is 9.72 Å². The van der Waals surface area contributed by atoms with Gasteiger partial charge in [0.2, 0.25) is 0 Å². The van der Waals surface area contributed by atoms with Crippen molar-refractivity contribution in [1.82, 2.24) is 20.0 Å². The molecule has 3 rings (SSSR count). The largest absolute Gasteiger partial charge is 0.496 e. The standard InChI is InChI=1S/C22H29N5O/c1-4-23-22(24-13-11-18-9-5-6-10-20(18)28-3)25-14-12-19-16-27-15-7-8-17(2)21(27)26-19/h5-10,15-16H,4,11-14H2,1-3H3,(H2,23,24,25). The summed E-state index contributed by atoms with van der Waals surface area (Å²) in [6, 6.07) is 12.2. The number of rotatable bonds is 8. The van der Waals surface area contributed by atoms with Crippen molar-refractivity contribution in [2.75, 3.05) is 26.7 Å². The molecule has 0 saturated heterocycles. The summed E-state index contributed by atoms with van der Waals surface area (Å²) in [5.74, 6) is 1.76. The summed E-state index contributed by atoms with van der Waals surface area (Å²) in [7, 11) is 1.71. The van der Waals surface area contributed by atoms with E-state index in [0.717, 1.165) is 49.0 Å². The maximum absolute atomic E-state index is 5.41. The highest BCUT2D eigenvalue weighted by molar-refractivity contribution is 5.79. The number of hydrogen-bond donors (Lipinski definition) is 2. The first-order valence-corrected chi connectivity index (χ1v) is 9.78. The van der Waals surface area contributed by atoms with Crippen molar-refractivity contribution in [2.45, 2.75) is 26.7 Å². The van der Waals surface area contributed by atoms with E-state index < -0.39 is 0 Å². The second-order valence-electron chi connectivity index (χ2n) is 6.65. The van der Waals surface area contributed by atoms with E-state index in [9.17, 15) is 0 Å². The summed E-state index contributed by atoms with van der Waals surface area (Å²) < 4.78 is 7.49. The quantitative estimate of drug-likeness (QED) is 0.467. The molecule has 0 fully saturated rings. The number of pyridine rings is 1. The van der Waals surface area contributed by atoms with E-state index in [2.05, 4.69) is 52.2 Å². The zero-order valence-electron chi connectivity index (χ0n) is 16.9. The zero-order valence-corrected chi connectivity index (χ0v) is 16.9. The van der Waals surface area contributed by atoms with Crippen LogP contribution < -0.4 is 15.4 Å². The van der Waals surface area contributed by atoms with Crippen LogP contribution in [0.5, 0.6) is 5.75 Å². The first-order chi connectivity index (χ1) is 13.7. The molecule has 6 nitrogen and oxygen atoms in total. The maximum atomic E-state index is 5.41. The van der Waals surface area contributed by atoms with Crippen LogP contribution in [0.15, 0.2) is 53.8 Å². The van der Waals surface area contributed by atoms with E-state index in [-0.39, 0.29) is 0 Å². The van der Waals surface area contributed by atoms with Gasteiger partial charge in [0, 0.05) is 38.4 Å². The summed E-state index contributed by atoms with van der Waals surface area (Å²) in [5.41, 5.74) is 4.45. The molecular formula is C22H29N5O. The maximum Gasteiger partial charge on any atom is 0.191 e. The van der Waals surface area contributed by atoms with Crippen molar-refractivity contribution >= 4 is 11.6 Å². The third kappa shape index (κ3) is 5.03. The van der Waals surface area contributed by atoms with Crippen LogP contribution in [0.3, 0.4) is 0 Å². The molecule has 0 spiro atoms. The topological polar surface area (TPSA) is 63.0 Å². The molecule has 0 amide bonds. The summed E-state index contributed by atoms with van der Waals surface area (Å²) in [4.78, 5) is 9.40. The molecule has 0 saturated carbocycles. The van der Waals surface area contributed by atoms with Crippen molar-refractivity contribution in [3.8, 4) is 5.75 Å². The number of ether oxygens (including phenoxy) is 1. The molecule has 6 heteroatoms. The van der Waals surface area contributed by atoms with E-state index in [1.54, 1.807) is 7.11 Å². The van der Waals surface area contributed by atoms with Crippen molar-refractivity contribution in [3.05, 3.63) is 65.6 Å². The molecule has 0 aliphatic carbocycles. The van der Waals surface area contributed by atoms with Gasteiger partial charge < -0.3 is 19.8 Å². The van der Waals surface area contributed by atoms with Gasteiger partial charge in [0.1, 0.15) is 11.4 Å². The predicted molar refractivity (Wildman–Crippen MR) is 114 cm³/mol. The third-order valence-corrected chi connectivity index (χ3v) is 4.59. The van der Waals surface area contributed by atoms with Crippen LogP contribution in [-0.4, -0.2) is 42.1 Å². The molecule has 0 atom stereocenters. The molecule has 0 aliphatic rings. The van der Waals surface area contributed by atoms with Gasteiger partial charge in [-0.2, -0.15) is 0 Å². The van der Waals surface area contributed by atoms with Gasteiger partial charge >= 0.3 is 0 Å². The molecule has 2 heterocycles. The molecule has 3 aromatic rings. The van der Waals surface area contributed by atoms with Gasteiger partial charge in [-0.15, -0.1) is 0 Å². The first-order valence-electron chi connectivity index (χ1n) is 9.78. The second-order valence-corrected chi connectivity index (χ2v) is 6.65. The van der Waals surface area contributed by atoms with Crippen molar-refractivity contribution < 1.29 is 4.74 Å². The Morgan fingerprint density at radius 1 is 1.14 bits per heavy atom. The molecule has 28 heavy (non-hydrogen) atoms. The SMILES string of the molecule is CCNC(=NCCc1cn2cccc(C)c2n1)NCCc1ccccc1OC. The lowest BCUT2D eigenvalue weighted by atomic mass is 10.1. The van der Waals surface area contributed by atoms with Crippen LogP contribution >= 0.6 is 0 Å². The number of hydrogen-bond acceptors (Lipinski definition) is 3. The van der Waals surface area contributed by atoms with Gasteiger partial charge in [-0.1, -0.05) is 24.3 Å². The highest BCUT2D eigenvalue weighted by atomic mass is 16.5. The second kappa shape index (κ2) is 9.78. The van der Waals surface area contributed by atoms with Gasteiger partial charge in [0.15, 0.2) is 5.96 Å². The van der Waals surface area contributed by atoms with Gasteiger partial charge in [-0.3, -0.25) is 4.99 Å². The minimum Gasteiger partial charge on any atom is -0.496 e. The summed E-state index contributed by atoms with van der Waals surface area (Å²) in [6.07, 6.45) is 5.80. The van der Waals surface area contributed by atoms with Crippen LogP contribution in [-0.2, 0) is 12.8 Å². The molecule has 0 aliphatic heterocycles. The Morgan fingerprint density at radius 3 is 2.79 bits per heavy atom. The lowest BCUT2D eigenvalue weighted by Gasteiger charge is -2.12. The number of aromatic nitrogens is 2. The Kier molecular flexibility index (Phi) is 6.89. The van der Waals surface area contributed by atoms with Gasteiger partial charge in [-0.05, 0) is 43.5 Å². The van der Waals surface area contributed by atoms with Crippen molar-refractivity contribution in [3.63, 3.8) is 0 Å². The van der Waals surface area contributed by atoms with Crippen LogP contribution in [0.25, 0.3) is 5.65 Å². The number of para-hydroxylation sites is 1. The minimum absolute atomic E-state index is 0.687. The first kappa shape index (κ1) is 19.7. The van der Waals surface area contributed by atoms with E-state index in [0.29, 0.717) is 6.54 Å². The Bertz CT molecular complexity index is 932. The molecule has 148 valence electrons.